The Kier molecular flexibility index (Phi) is 6.29. The largest absolute Gasteiger partial charge is 0.445 e. The maximum absolute atomic E-state index is 12.7. The molecule has 0 aliphatic carbocycles. The number of ether oxygens (including phenoxy) is 1. The molecule has 1 aromatic rings. The van der Waals surface area contributed by atoms with E-state index in [1.165, 1.54) is 6.42 Å². The molecule has 0 spiro atoms. The number of carbonyl (C=O) groups is 2. The number of amides is 2. The van der Waals surface area contributed by atoms with Gasteiger partial charge in [0.2, 0.25) is 5.91 Å². The van der Waals surface area contributed by atoms with E-state index in [0.717, 1.165) is 38.8 Å². The lowest BCUT2D eigenvalue weighted by Gasteiger charge is -2.30. The van der Waals surface area contributed by atoms with E-state index < -0.39 is 0 Å². The Morgan fingerprint density at radius 1 is 1.12 bits per heavy atom. The first-order chi connectivity index (χ1) is 12.6. The zero-order valence-corrected chi connectivity index (χ0v) is 15.8. The minimum atomic E-state index is -0.00983. The summed E-state index contributed by atoms with van der Waals surface area (Å²) in [4.78, 5) is 33.1. The van der Waals surface area contributed by atoms with Crippen molar-refractivity contribution in [2.24, 2.45) is 0 Å². The second-order valence-corrected chi connectivity index (χ2v) is 7.21. The summed E-state index contributed by atoms with van der Waals surface area (Å²) < 4.78 is 10.8. The molecule has 26 heavy (non-hydrogen) atoms. The molecule has 144 valence electrons. The molecule has 2 aliphatic heterocycles. The fourth-order valence-electron chi connectivity index (χ4n) is 3.76. The van der Waals surface area contributed by atoms with E-state index in [-0.39, 0.29) is 17.7 Å². The van der Waals surface area contributed by atoms with Crippen LogP contribution in [0, 0.1) is 6.92 Å². The maximum Gasteiger partial charge on any atom is 0.276 e. The predicted octanol–water partition coefficient (Wildman–Crippen LogP) is 2.35. The molecule has 0 aromatic carbocycles. The van der Waals surface area contributed by atoms with Crippen LogP contribution in [0.5, 0.6) is 0 Å². The fourth-order valence-corrected chi connectivity index (χ4v) is 3.76. The molecule has 2 saturated heterocycles. The van der Waals surface area contributed by atoms with E-state index in [9.17, 15) is 9.59 Å². The van der Waals surface area contributed by atoms with Gasteiger partial charge in [-0.05, 0) is 39.0 Å². The van der Waals surface area contributed by atoms with Crippen molar-refractivity contribution in [3.63, 3.8) is 0 Å². The molecule has 0 bridgehead atoms. The van der Waals surface area contributed by atoms with E-state index in [0.29, 0.717) is 43.5 Å². The third kappa shape index (κ3) is 4.26. The Morgan fingerprint density at radius 3 is 2.46 bits per heavy atom. The maximum atomic E-state index is 12.7. The first-order valence-corrected chi connectivity index (χ1v) is 9.63. The van der Waals surface area contributed by atoms with Crippen LogP contribution in [0.3, 0.4) is 0 Å². The Hall–Kier alpha value is -1.89. The van der Waals surface area contributed by atoms with Crippen LogP contribution in [0.4, 0.5) is 0 Å². The quantitative estimate of drug-likeness (QED) is 0.803. The van der Waals surface area contributed by atoms with Gasteiger partial charge in [-0.2, -0.15) is 0 Å². The summed E-state index contributed by atoms with van der Waals surface area (Å²) in [6, 6.07) is 0. The number of oxazole rings is 1. The minimum Gasteiger partial charge on any atom is -0.445 e. The smallest absolute Gasteiger partial charge is 0.276 e. The van der Waals surface area contributed by atoms with Gasteiger partial charge in [-0.3, -0.25) is 9.59 Å². The van der Waals surface area contributed by atoms with Gasteiger partial charge in [-0.15, -0.1) is 0 Å². The molecule has 0 saturated carbocycles. The van der Waals surface area contributed by atoms with Gasteiger partial charge < -0.3 is 19.0 Å². The van der Waals surface area contributed by atoms with Crippen LogP contribution in [0.25, 0.3) is 0 Å². The summed E-state index contributed by atoms with van der Waals surface area (Å²) in [5.41, 5.74) is 0.459. The van der Waals surface area contributed by atoms with Gasteiger partial charge in [-0.25, -0.2) is 4.98 Å². The first kappa shape index (κ1) is 18.9. The summed E-state index contributed by atoms with van der Waals surface area (Å²) in [5.74, 6) is 1.54. The second kappa shape index (κ2) is 8.66. The number of hydrogen-bond acceptors (Lipinski definition) is 5. The molecule has 7 heteroatoms. The third-order valence-electron chi connectivity index (χ3n) is 5.38. The van der Waals surface area contributed by atoms with Crippen LogP contribution >= 0.6 is 0 Å². The average molecular weight is 363 g/mol. The highest BCUT2D eigenvalue weighted by atomic mass is 16.5. The van der Waals surface area contributed by atoms with Crippen molar-refractivity contribution in [3.8, 4) is 0 Å². The normalized spacial score (nSPS) is 19.0. The molecule has 2 fully saturated rings. The summed E-state index contributed by atoms with van der Waals surface area (Å²) in [5, 5.41) is 0. The van der Waals surface area contributed by atoms with Crippen molar-refractivity contribution in [1.29, 1.82) is 0 Å². The van der Waals surface area contributed by atoms with Crippen LogP contribution in [0.2, 0.25) is 0 Å². The number of nitrogens with zero attached hydrogens (tertiary/aromatic N) is 3. The van der Waals surface area contributed by atoms with E-state index in [1.54, 1.807) is 7.11 Å². The zero-order chi connectivity index (χ0) is 18.5. The lowest BCUT2D eigenvalue weighted by atomic mass is 9.96. The van der Waals surface area contributed by atoms with Crippen molar-refractivity contribution < 1.29 is 18.7 Å². The first-order valence-electron chi connectivity index (χ1n) is 9.63. The molecule has 2 aliphatic rings. The number of likely N-dealkylation sites (tertiary alicyclic amines) is 2. The number of rotatable bonds is 5. The molecule has 3 heterocycles. The highest BCUT2D eigenvalue weighted by molar-refractivity contribution is 5.93. The third-order valence-corrected chi connectivity index (χ3v) is 5.38. The monoisotopic (exact) mass is 363 g/mol. The summed E-state index contributed by atoms with van der Waals surface area (Å²) in [7, 11) is 1.60. The van der Waals surface area contributed by atoms with Crippen LogP contribution in [0.15, 0.2) is 4.42 Å². The summed E-state index contributed by atoms with van der Waals surface area (Å²) in [6.07, 6.45) is 5.37. The van der Waals surface area contributed by atoms with E-state index in [1.807, 2.05) is 16.7 Å². The van der Waals surface area contributed by atoms with Crippen LogP contribution in [-0.2, 0) is 9.53 Å². The molecule has 0 unspecified atom stereocenters. The number of piperidine rings is 2. The van der Waals surface area contributed by atoms with Gasteiger partial charge >= 0.3 is 0 Å². The molecule has 3 rings (SSSR count). The van der Waals surface area contributed by atoms with Gasteiger partial charge in [0.15, 0.2) is 11.6 Å². The number of methoxy groups -OCH3 is 1. The number of hydrogen-bond donors (Lipinski definition) is 0. The Morgan fingerprint density at radius 2 is 1.81 bits per heavy atom. The van der Waals surface area contributed by atoms with E-state index in [4.69, 9.17) is 9.15 Å². The molecular formula is C19H29N3O4. The van der Waals surface area contributed by atoms with Crippen LogP contribution in [-0.4, -0.2) is 66.5 Å². The van der Waals surface area contributed by atoms with Crippen molar-refractivity contribution in [3.05, 3.63) is 17.3 Å². The Labute approximate surface area is 154 Å². The molecule has 1 aromatic heterocycles. The SMILES string of the molecule is COCCC(=O)N1CCC(c2nc(C(=O)N3CCCCC3)c(C)o2)CC1. The summed E-state index contributed by atoms with van der Waals surface area (Å²) in [6.45, 7) is 5.29. The van der Waals surface area contributed by atoms with E-state index >= 15 is 0 Å². The molecule has 0 atom stereocenters. The van der Waals surface area contributed by atoms with Crippen molar-refractivity contribution in [1.82, 2.24) is 14.8 Å². The lowest BCUT2D eigenvalue weighted by Crippen LogP contribution is -2.38. The lowest BCUT2D eigenvalue weighted by molar-refractivity contribution is -0.133. The molecule has 7 nitrogen and oxygen atoms in total. The predicted molar refractivity (Wildman–Crippen MR) is 96.0 cm³/mol. The topological polar surface area (TPSA) is 75.9 Å². The molecule has 0 radical (unpaired) electrons. The van der Waals surface area contributed by atoms with Crippen molar-refractivity contribution in [2.75, 3.05) is 39.9 Å². The second-order valence-electron chi connectivity index (χ2n) is 7.21. The van der Waals surface area contributed by atoms with E-state index in [2.05, 4.69) is 4.98 Å². The Bertz CT molecular complexity index is 629. The average Bonchev–Trinajstić information content (AvgIpc) is 3.08. The number of aromatic nitrogens is 1. The standard InChI is InChI=1S/C19H29N3O4/c1-14-17(19(24)22-9-4-3-5-10-22)20-18(26-14)15-6-11-21(12-7-15)16(23)8-13-25-2/h15H,3-13H2,1-2H3. The highest BCUT2D eigenvalue weighted by Crippen LogP contribution is 2.29. The van der Waals surface area contributed by atoms with Crippen molar-refractivity contribution >= 4 is 11.8 Å². The zero-order valence-electron chi connectivity index (χ0n) is 15.8. The fraction of sp³-hybridized carbons (Fsp3) is 0.737. The number of carbonyl (C=O) groups excluding carboxylic acids is 2. The number of aryl methyl sites for hydroxylation is 1. The van der Waals surface area contributed by atoms with Gasteiger partial charge in [0, 0.05) is 39.2 Å². The van der Waals surface area contributed by atoms with Crippen molar-refractivity contribution in [2.45, 2.75) is 51.4 Å². The highest BCUT2D eigenvalue weighted by Gasteiger charge is 2.30. The Balaban J connectivity index is 1.59. The van der Waals surface area contributed by atoms with Crippen LogP contribution < -0.4 is 0 Å². The van der Waals surface area contributed by atoms with Gasteiger partial charge in [0.05, 0.1) is 13.0 Å². The summed E-state index contributed by atoms with van der Waals surface area (Å²) >= 11 is 0. The minimum absolute atomic E-state index is 0.00983. The van der Waals surface area contributed by atoms with Gasteiger partial charge in [-0.1, -0.05) is 0 Å². The molecular weight excluding hydrogens is 334 g/mol. The van der Waals surface area contributed by atoms with Crippen LogP contribution in [0.1, 0.15) is 66.6 Å². The van der Waals surface area contributed by atoms with Gasteiger partial charge in [0.1, 0.15) is 5.76 Å². The van der Waals surface area contributed by atoms with Gasteiger partial charge in [0.25, 0.3) is 5.91 Å². The molecule has 2 amide bonds. The molecule has 0 N–H and O–H groups in total.